The van der Waals surface area contributed by atoms with Crippen molar-refractivity contribution < 1.29 is 14.3 Å². The van der Waals surface area contributed by atoms with Gasteiger partial charge in [-0.15, -0.1) is 0 Å². The number of carbonyl (C=O) groups excluding carboxylic acids is 1. The minimum atomic E-state index is -0.0463. The van der Waals surface area contributed by atoms with Crippen molar-refractivity contribution in [2.24, 2.45) is 10.9 Å². The minimum absolute atomic E-state index is 0.00962. The van der Waals surface area contributed by atoms with Crippen LogP contribution in [0.2, 0.25) is 0 Å². The molecule has 30 heavy (non-hydrogen) atoms. The highest BCUT2D eigenvalue weighted by Crippen LogP contribution is 2.17. The van der Waals surface area contributed by atoms with Crippen LogP contribution in [0.4, 0.5) is 11.4 Å². The predicted molar refractivity (Wildman–Crippen MR) is 122 cm³/mol. The number of benzene rings is 2. The molecule has 162 valence electrons. The summed E-state index contributed by atoms with van der Waals surface area (Å²) >= 11 is 0. The summed E-state index contributed by atoms with van der Waals surface area (Å²) in [6.07, 6.45) is 0.845. The van der Waals surface area contributed by atoms with Crippen LogP contribution in [0.25, 0.3) is 0 Å². The molecule has 0 bridgehead atoms. The number of amides is 1. The maximum absolute atomic E-state index is 11.8. The van der Waals surface area contributed by atoms with Gasteiger partial charge in [0.05, 0.1) is 6.61 Å². The lowest BCUT2D eigenvalue weighted by atomic mass is 10.1. The zero-order chi connectivity index (χ0) is 21.8. The van der Waals surface area contributed by atoms with Gasteiger partial charge in [-0.3, -0.25) is 9.79 Å². The first kappa shape index (κ1) is 23.2. The Labute approximate surface area is 178 Å². The first-order valence-electron chi connectivity index (χ1n) is 10.1. The fourth-order valence-corrected chi connectivity index (χ4v) is 2.55. The number of nitrogens with one attached hydrogen (secondary N) is 3. The Hall–Kier alpha value is -3.06. The molecule has 0 aliphatic rings. The number of rotatable bonds is 10. The summed E-state index contributed by atoms with van der Waals surface area (Å²) in [7, 11) is 3.41. The Kier molecular flexibility index (Phi) is 9.67. The van der Waals surface area contributed by atoms with Crippen LogP contribution in [0.15, 0.2) is 53.5 Å². The van der Waals surface area contributed by atoms with Gasteiger partial charge < -0.3 is 25.4 Å². The van der Waals surface area contributed by atoms with E-state index < -0.39 is 0 Å². The highest BCUT2D eigenvalue weighted by Gasteiger charge is 2.07. The molecule has 3 N–H and O–H groups in total. The van der Waals surface area contributed by atoms with Gasteiger partial charge in [0.1, 0.15) is 5.75 Å². The topological polar surface area (TPSA) is 84.0 Å². The number of nitrogens with zero attached hydrogens (tertiary/aromatic N) is 1. The average molecular weight is 413 g/mol. The molecule has 0 aromatic heterocycles. The summed E-state index contributed by atoms with van der Waals surface area (Å²) in [5.41, 5.74) is 2.76. The van der Waals surface area contributed by atoms with E-state index in [9.17, 15) is 4.79 Å². The molecule has 1 amide bonds. The molecule has 2 aromatic rings. The third-order valence-electron chi connectivity index (χ3n) is 4.29. The number of carbonyl (C=O) groups is 1. The predicted octanol–water partition coefficient (Wildman–Crippen LogP) is 3.88. The quantitative estimate of drug-likeness (QED) is 0.313. The highest BCUT2D eigenvalue weighted by molar-refractivity contribution is 5.94. The van der Waals surface area contributed by atoms with Crippen LogP contribution in [0.3, 0.4) is 0 Å². The van der Waals surface area contributed by atoms with Crippen molar-refractivity contribution >= 4 is 23.2 Å². The molecule has 0 spiro atoms. The fourth-order valence-electron chi connectivity index (χ4n) is 2.55. The third kappa shape index (κ3) is 8.13. The molecule has 0 fully saturated rings. The van der Waals surface area contributed by atoms with Gasteiger partial charge in [0.15, 0.2) is 5.96 Å². The van der Waals surface area contributed by atoms with E-state index in [0.29, 0.717) is 25.7 Å². The van der Waals surface area contributed by atoms with E-state index in [4.69, 9.17) is 9.47 Å². The van der Waals surface area contributed by atoms with Crippen LogP contribution in [0, 0.1) is 5.92 Å². The van der Waals surface area contributed by atoms with Gasteiger partial charge in [0.25, 0.3) is 0 Å². The minimum Gasteiger partial charge on any atom is -0.493 e. The van der Waals surface area contributed by atoms with Crippen molar-refractivity contribution in [2.75, 3.05) is 38.0 Å². The standard InChI is InChI=1S/C23H32N4O3/c1-17(2)22(28)26-19-11-9-18(10-12-19)16-25-23(24-3)27-20-7-5-8-21(15-20)30-14-6-13-29-4/h5,7-12,15,17H,6,13-14,16H2,1-4H3,(H,26,28)(H2,24,25,27). The van der Waals surface area contributed by atoms with E-state index >= 15 is 0 Å². The second kappa shape index (κ2) is 12.5. The Morgan fingerprint density at radius 2 is 1.80 bits per heavy atom. The molecule has 0 radical (unpaired) electrons. The van der Waals surface area contributed by atoms with Gasteiger partial charge in [0, 0.05) is 57.1 Å². The summed E-state index contributed by atoms with van der Waals surface area (Å²) in [4.78, 5) is 16.0. The van der Waals surface area contributed by atoms with E-state index in [-0.39, 0.29) is 11.8 Å². The maximum Gasteiger partial charge on any atom is 0.226 e. The molecule has 0 saturated heterocycles. The van der Waals surface area contributed by atoms with Gasteiger partial charge >= 0.3 is 0 Å². The molecular formula is C23H32N4O3. The number of methoxy groups -OCH3 is 1. The largest absolute Gasteiger partial charge is 0.493 e. The second-order valence-electron chi connectivity index (χ2n) is 7.11. The lowest BCUT2D eigenvalue weighted by Gasteiger charge is -2.14. The Morgan fingerprint density at radius 3 is 2.47 bits per heavy atom. The third-order valence-corrected chi connectivity index (χ3v) is 4.29. The van der Waals surface area contributed by atoms with Crippen LogP contribution in [0.1, 0.15) is 25.8 Å². The molecule has 0 saturated carbocycles. The van der Waals surface area contributed by atoms with E-state index in [0.717, 1.165) is 29.1 Å². The highest BCUT2D eigenvalue weighted by atomic mass is 16.5. The van der Waals surface area contributed by atoms with Gasteiger partial charge in [-0.25, -0.2) is 0 Å². The summed E-state index contributed by atoms with van der Waals surface area (Å²) in [6, 6.07) is 15.5. The number of hydrogen-bond donors (Lipinski definition) is 3. The molecule has 7 heteroatoms. The lowest BCUT2D eigenvalue weighted by Crippen LogP contribution is -2.30. The molecular weight excluding hydrogens is 380 g/mol. The first-order valence-corrected chi connectivity index (χ1v) is 10.1. The Balaban J connectivity index is 1.85. The van der Waals surface area contributed by atoms with Crippen LogP contribution in [0.5, 0.6) is 5.75 Å². The van der Waals surface area contributed by atoms with Crippen LogP contribution in [-0.4, -0.2) is 39.2 Å². The zero-order valence-electron chi connectivity index (χ0n) is 18.2. The molecule has 2 aromatic carbocycles. The van der Waals surface area contributed by atoms with Crippen LogP contribution < -0.4 is 20.7 Å². The van der Waals surface area contributed by atoms with Crippen molar-refractivity contribution in [3.63, 3.8) is 0 Å². The van der Waals surface area contributed by atoms with Crippen molar-refractivity contribution in [1.29, 1.82) is 0 Å². The fraction of sp³-hybridized carbons (Fsp3) is 0.391. The number of guanidine groups is 1. The number of ether oxygens (including phenoxy) is 2. The number of aliphatic imine (C=N–C) groups is 1. The maximum atomic E-state index is 11.8. The van der Waals surface area contributed by atoms with Crippen molar-refractivity contribution in [1.82, 2.24) is 5.32 Å². The van der Waals surface area contributed by atoms with Gasteiger partial charge in [-0.1, -0.05) is 32.0 Å². The molecule has 7 nitrogen and oxygen atoms in total. The zero-order valence-corrected chi connectivity index (χ0v) is 18.2. The summed E-state index contributed by atoms with van der Waals surface area (Å²) in [5, 5.41) is 9.44. The van der Waals surface area contributed by atoms with E-state index in [2.05, 4.69) is 20.9 Å². The molecule has 2 rings (SSSR count). The monoisotopic (exact) mass is 412 g/mol. The SMILES string of the molecule is CN=C(NCc1ccc(NC(=O)C(C)C)cc1)Nc1cccc(OCCCOC)c1. The van der Waals surface area contributed by atoms with E-state index in [1.807, 2.05) is 62.4 Å². The second-order valence-corrected chi connectivity index (χ2v) is 7.11. The summed E-state index contributed by atoms with van der Waals surface area (Å²) in [6.45, 7) is 5.63. The lowest BCUT2D eigenvalue weighted by molar-refractivity contribution is -0.118. The van der Waals surface area contributed by atoms with Crippen molar-refractivity contribution in [3.8, 4) is 5.75 Å². The van der Waals surface area contributed by atoms with Crippen molar-refractivity contribution in [2.45, 2.75) is 26.8 Å². The molecule has 0 heterocycles. The van der Waals surface area contributed by atoms with Gasteiger partial charge in [-0.05, 0) is 29.8 Å². The Morgan fingerprint density at radius 1 is 1.03 bits per heavy atom. The average Bonchev–Trinajstić information content (AvgIpc) is 2.75. The summed E-state index contributed by atoms with van der Waals surface area (Å²) in [5.74, 6) is 1.42. The van der Waals surface area contributed by atoms with E-state index in [1.54, 1.807) is 14.2 Å². The van der Waals surface area contributed by atoms with Gasteiger partial charge in [0.2, 0.25) is 5.91 Å². The number of hydrogen-bond acceptors (Lipinski definition) is 4. The molecule has 0 aliphatic carbocycles. The van der Waals surface area contributed by atoms with Gasteiger partial charge in [-0.2, -0.15) is 0 Å². The molecule has 0 atom stereocenters. The first-order chi connectivity index (χ1) is 14.5. The van der Waals surface area contributed by atoms with Crippen LogP contribution >= 0.6 is 0 Å². The molecule has 0 unspecified atom stereocenters. The van der Waals surface area contributed by atoms with Crippen LogP contribution in [-0.2, 0) is 16.1 Å². The Bertz CT molecular complexity index is 819. The molecule has 0 aliphatic heterocycles. The van der Waals surface area contributed by atoms with Crippen molar-refractivity contribution in [3.05, 3.63) is 54.1 Å². The summed E-state index contributed by atoms with van der Waals surface area (Å²) < 4.78 is 10.8. The number of anilines is 2. The van der Waals surface area contributed by atoms with E-state index in [1.165, 1.54) is 0 Å². The smallest absolute Gasteiger partial charge is 0.226 e. The normalized spacial score (nSPS) is 11.3.